The van der Waals surface area contributed by atoms with Gasteiger partial charge in [-0.2, -0.15) is 13.2 Å². The molecule has 1 aliphatic heterocycles. The Labute approximate surface area is 127 Å². The van der Waals surface area contributed by atoms with Crippen LogP contribution in [0.15, 0.2) is 15.7 Å². The van der Waals surface area contributed by atoms with Crippen LogP contribution in [0.3, 0.4) is 0 Å². The lowest BCUT2D eigenvalue weighted by Crippen LogP contribution is -2.42. The Kier molecular flexibility index (Phi) is 4.55. The third-order valence-corrected chi connectivity index (χ3v) is 6.35. The van der Waals surface area contributed by atoms with Gasteiger partial charge in [-0.25, -0.2) is 8.42 Å². The fourth-order valence-corrected chi connectivity index (χ4v) is 4.09. The number of hydrogen-bond acceptors (Lipinski definition) is 4. The van der Waals surface area contributed by atoms with Gasteiger partial charge in [0.25, 0.3) is 15.0 Å². The number of alkyl halides is 3. The van der Waals surface area contributed by atoms with E-state index in [1.165, 1.54) is 10.3 Å². The van der Waals surface area contributed by atoms with Crippen molar-refractivity contribution < 1.29 is 26.4 Å². The summed E-state index contributed by atoms with van der Waals surface area (Å²) >= 11 is 0.806. The van der Waals surface area contributed by atoms with Gasteiger partial charge in [0.2, 0.25) is 0 Å². The van der Waals surface area contributed by atoms with Gasteiger partial charge in [-0.1, -0.05) is 0 Å². The largest absolute Gasteiger partial charge is 0.391 e. The molecule has 0 bridgehead atoms. The molecule has 1 aromatic heterocycles. The van der Waals surface area contributed by atoms with Crippen molar-refractivity contribution in [1.82, 2.24) is 4.90 Å². The maximum Gasteiger partial charge on any atom is 0.391 e. The molecule has 118 valence electrons. The summed E-state index contributed by atoms with van der Waals surface area (Å²) in [5, 5.41) is 1.34. The molecule has 2 heterocycles. The topological polar surface area (TPSA) is 54.5 Å². The van der Waals surface area contributed by atoms with Crippen LogP contribution in [0.2, 0.25) is 0 Å². The van der Waals surface area contributed by atoms with E-state index in [2.05, 4.69) is 0 Å². The van der Waals surface area contributed by atoms with Gasteiger partial charge in [0.1, 0.15) is 4.21 Å². The molecule has 0 atom stereocenters. The van der Waals surface area contributed by atoms with Gasteiger partial charge in [0, 0.05) is 29.2 Å². The molecule has 0 radical (unpaired) electrons. The lowest BCUT2D eigenvalue weighted by atomic mass is 9.96. The molecule has 0 N–H and O–H groups in total. The van der Waals surface area contributed by atoms with Crippen LogP contribution in [0.5, 0.6) is 0 Å². The first kappa shape index (κ1) is 16.6. The lowest BCUT2D eigenvalue weighted by molar-refractivity contribution is -0.183. The fraction of sp³-hybridized carbons (Fsp3) is 0.545. The predicted molar refractivity (Wildman–Crippen MR) is 72.0 cm³/mol. The van der Waals surface area contributed by atoms with Gasteiger partial charge in [-0.05, 0) is 18.9 Å². The third-order valence-electron chi connectivity index (χ3n) is 3.31. The zero-order valence-corrected chi connectivity index (χ0v) is 12.9. The maximum absolute atomic E-state index is 12.5. The molecular weight excluding hydrogens is 351 g/mol. The number of nitrogens with zero attached hydrogens (tertiary/aromatic N) is 1. The van der Waals surface area contributed by atoms with Crippen molar-refractivity contribution in [2.24, 2.45) is 5.92 Å². The fourth-order valence-electron chi connectivity index (χ4n) is 2.15. The van der Waals surface area contributed by atoms with Crippen LogP contribution in [0.25, 0.3) is 0 Å². The van der Waals surface area contributed by atoms with Gasteiger partial charge in [-0.3, -0.25) is 4.79 Å². The lowest BCUT2D eigenvalue weighted by Gasteiger charge is -2.32. The Morgan fingerprint density at radius 3 is 2.33 bits per heavy atom. The molecule has 0 aliphatic carbocycles. The van der Waals surface area contributed by atoms with E-state index in [9.17, 15) is 26.4 Å². The van der Waals surface area contributed by atoms with Gasteiger partial charge in [0.15, 0.2) is 0 Å². The van der Waals surface area contributed by atoms with E-state index in [-0.39, 0.29) is 35.7 Å². The highest BCUT2D eigenvalue weighted by Gasteiger charge is 2.41. The van der Waals surface area contributed by atoms with Crippen molar-refractivity contribution in [1.29, 1.82) is 0 Å². The summed E-state index contributed by atoms with van der Waals surface area (Å²) in [6.45, 7) is 0.00360. The van der Waals surface area contributed by atoms with Crippen LogP contribution in [-0.4, -0.2) is 38.5 Å². The Hall–Kier alpha value is -0.800. The molecule has 0 aromatic carbocycles. The number of rotatable bonds is 2. The highest BCUT2D eigenvalue weighted by Crippen LogP contribution is 2.34. The minimum Gasteiger partial charge on any atom is -0.339 e. The van der Waals surface area contributed by atoms with Crippen LogP contribution < -0.4 is 0 Å². The van der Waals surface area contributed by atoms with E-state index in [1.807, 2.05) is 0 Å². The SMILES string of the molecule is O=C(c1csc(S(=O)(=O)Cl)c1)N1CCC(C(F)(F)F)CC1. The van der Waals surface area contributed by atoms with Crippen molar-refractivity contribution >= 4 is 37.0 Å². The average Bonchev–Trinajstić information content (AvgIpc) is 2.86. The molecule has 1 aliphatic rings. The van der Waals surface area contributed by atoms with Gasteiger partial charge in [0.05, 0.1) is 11.5 Å². The number of piperidine rings is 1. The Morgan fingerprint density at radius 1 is 1.33 bits per heavy atom. The molecule has 2 rings (SSSR count). The monoisotopic (exact) mass is 361 g/mol. The number of hydrogen-bond donors (Lipinski definition) is 0. The number of carbonyl (C=O) groups excluding carboxylic acids is 1. The molecule has 1 amide bonds. The van der Waals surface area contributed by atoms with Crippen molar-refractivity contribution in [2.75, 3.05) is 13.1 Å². The van der Waals surface area contributed by atoms with Gasteiger partial charge in [-0.15, -0.1) is 11.3 Å². The Morgan fingerprint density at radius 2 is 1.90 bits per heavy atom. The molecule has 1 saturated heterocycles. The van der Waals surface area contributed by atoms with Crippen LogP contribution >= 0.6 is 22.0 Å². The molecule has 1 aromatic rings. The number of thiophene rings is 1. The number of amides is 1. The number of halogens is 4. The molecule has 1 fully saturated rings. The van der Waals surface area contributed by atoms with Gasteiger partial charge < -0.3 is 4.90 Å². The van der Waals surface area contributed by atoms with Crippen molar-refractivity contribution in [3.63, 3.8) is 0 Å². The smallest absolute Gasteiger partial charge is 0.339 e. The van der Waals surface area contributed by atoms with Crippen LogP contribution in [0.1, 0.15) is 23.2 Å². The van der Waals surface area contributed by atoms with Crippen molar-refractivity contribution in [2.45, 2.75) is 23.2 Å². The summed E-state index contributed by atoms with van der Waals surface area (Å²) in [5.41, 5.74) is 0.129. The Bertz CT molecular complexity index is 633. The molecule has 10 heteroatoms. The second-order valence-corrected chi connectivity index (χ2v) is 8.40. The van der Waals surface area contributed by atoms with Crippen LogP contribution in [-0.2, 0) is 9.05 Å². The third kappa shape index (κ3) is 3.89. The van der Waals surface area contributed by atoms with Crippen molar-refractivity contribution in [3.8, 4) is 0 Å². The molecular formula is C11H11ClF3NO3S2. The normalized spacial score (nSPS) is 18.0. The molecule has 0 saturated carbocycles. The second kappa shape index (κ2) is 5.77. The molecule has 21 heavy (non-hydrogen) atoms. The zero-order chi connectivity index (χ0) is 15.8. The zero-order valence-electron chi connectivity index (χ0n) is 10.6. The van der Waals surface area contributed by atoms with Crippen LogP contribution in [0.4, 0.5) is 13.2 Å². The maximum atomic E-state index is 12.5. The highest BCUT2D eigenvalue weighted by atomic mass is 35.7. The minimum atomic E-state index is -4.24. The number of carbonyl (C=O) groups is 1. The second-order valence-electron chi connectivity index (χ2n) is 4.70. The van der Waals surface area contributed by atoms with E-state index in [4.69, 9.17) is 10.7 Å². The Balaban J connectivity index is 2.04. The first-order chi connectivity index (χ1) is 9.59. The molecule has 0 spiro atoms. The van der Waals surface area contributed by atoms with E-state index < -0.39 is 27.1 Å². The first-order valence-electron chi connectivity index (χ1n) is 5.98. The summed E-state index contributed by atoms with van der Waals surface area (Å²) in [4.78, 5) is 13.4. The summed E-state index contributed by atoms with van der Waals surface area (Å²) in [6.07, 6.45) is -4.52. The summed E-state index contributed by atoms with van der Waals surface area (Å²) in [6, 6.07) is 1.14. The van der Waals surface area contributed by atoms with E-state index in [0.29, 0.717) is 0 Å². The quantitative estimate of drug-likeness (QED) is 0.761. The summed E-state index contributed by atoms with van der Waals surface area (Å²) in [7, 11) is 1.26. The summed E-state index contributed by atoms with van der Waals surface area (Å²) < 4.78 is 59.7. The van der Waals surface area contributed by atoms with E-state index in [1.54, 1.807) is 0 Å². The van der Waals surface area contributed by atoms with Crippen LogP contribution in [0, 0.1) is 5.92 Å². The molecule has 0 unspecified atom stereocenters. The van der Waals surface area contributed by atoms with E-state index >= 15 is 0 Å². The standard InChI is InChI=1S/C11H11ClF3NO3S2/c12-21(18,19)9-5-7(6-20-9)10(17)16-3-1-8(2-4-16)11(13,14)15/h5-6,8H,1-4H2. The first-order valence-corrected chi connectivity index (χ1v) is 9.17. The van der Waals surface area contributed by atoms with Gasteiger partial charge >= 0.3 is 6.18 Å². The molecule has 4 nitrogen and oxygen atoms in total. The summed E-state index contributed by atoms with van der Waals surface area (Å²) in [5.74, 6) is -1.86. The average molecular weight is 362 g/mol. The minimum absolute atomic E-state index is 0.00180. The highest BCUT2D eigenvalue weighted by molar-refractivity contribution is 8.15. The number of likely N-dealkylation sites (tertiary alicyclic amines) is 1. The van der Waals surface area contributed by atoms with E-state index in [0.717, 1.165) is 17.4 Å². The predicted octanol–water partition coefficient (Wildman–Crippen LogP) is 3.09. The van der Waals surface area contributed by atoms with Crippen molar-refractivity contribution in [3.05, 3.63) is 17.0 Å².